The van der Waals surface area contributed by atoms with E-state index in [-0.39, 0.29) is 5.91 Å². The fraction of sp³-hybridized carbons (Fsp3) is 0.450. The highest BCUT2D eigenvalue weighted by molar-refractivity contribution is 6.19. The van der Waals surface area contributed by atoms with Crippen molar-refractivity contribution >= 4 is 23.3 Å². The van der Waals surface area contributed by atoms with E-state index in [1.807, 2.05) is 43.0 Å². The summed E-state index contributed by atoms with van der Waals surface area (Å²) in [6, 6.07) is 12.2. The minimum Gasteiger partial charge on any atom is -0.352 e. The summed E-state index contributed by atoms with van der Waals surface area (Å²) in [7, 11) is 0. The highest BCUT2D eigenvalue weighted by Crippen LogP contribution is 2.24. The van der Waals surface area contributed by atoms with Gasteiger partial charge in [-0.25, -0.2) is 0 Å². The number of anilines is 1. The standard InChI is InChI=1S/C20H25ClN4O/c1-15-6-4-5-7-16(15)17-8-9-18(23-22-17)24-10-12-25(13-11-24)19(26)20(2,3)14-21/h4-9H,10-14H2,1-3H3. The van der Waals surface area contributed by atoms with Crippen LogP contribution in [0.15, 0.2) is 36.4 Å². The number of rotatable bonds is 4. The molecule has 1 aliphatic rings. The molecule has 0 radical (unpaired) electrons. The third-order valence-electron chi connectivity index (χ3n) is 4.88. The van der Waals surface area contributed by atoms with Crippen molar-refractivity contribution < 1.29 is 4.79 Å². The van der Waals surface area contributed by atoms with Crippen molar-refractivity contribution in [1.82, 2.24) is 15.1 Å². The number of halogens is 1. The summed E-state index contributed by atoms with van der Waals surface area (Å²) in [6.45, 7) is 8.73. The number of carbonyl (C=O) groups excluding carboxylic acids is 1. The first-order valence-corrected chi connectivity index (χ1v) is 9.46. The maximum atomic E-state index is 12.5. The van der Waals surface area contributed by atoms with E-state index in [2.05, 4.69) is 34.2 Å². The number of piperazine rings is 1. The first-order chi connectivity index (χ1) is 12.4. The molecule has 1 saturated heterocycles. The number of hydrogen-bond donors (Lipinski definition) is 0. The maximum absolute atomic E-state index is 12.5. The van der Waals surface area contributed by atoms with Crippen LogP contribution in [-0.2, 0) is 4.79 Å². The summed E-state index contributed by atoms with van der Waals surface area (Å²) in [4.78, 5) is 16.6. The SMILES string of the molecule is Cc1ccccc1-c1ccc(N2CCN(C(=O)C(C)(C)CCl)CC2)nn1. The van der Waals surface area contributed by atoms with Gasteiger partial charge in [-0.3, -0.25) is 4.79 Å². The Hall–Kier alpha value is -2.14. The third-order valence-corrected chi connectivity index (χ3v) is 5.54. The highest BCUT2D eigenvalue weighted by Gasteiger charge is 2.33. The van der Waals surface area contributed by atoms with Gasteiger partial charge in [0.05, 0.1) is 11.1 Å². The quantitative estimate of drug-likeness (QED) is 0.772. The minimum atomic E-state index is -0.515. The Bertz CT molecular complexity index is 768. The van der Waals surface area contributed by atoms with Crippen molar-refractivity contribution in [2.75, 3.05) is 37.0 Å². The summed E-state index contributed by atoms with van der Waals surface area (Å²) >= 11 is 5.93. The van der Waals surface area contributed by atoms with Gasteiger partial charge in [0.1, 0.15) is 0 Å². The molecule has 5 nitrogen and oxygen atoms in total. The van der Waals surface area contributed by atoms with Crippen molar-refractivity contribution in [2.24, 2.45) is 5.41 Å². The van der Waals surface area contributed by atoms with E-state index in [4.69, 9.17) is 11.6 Å². The Morgan fingerprint density at radius 3 is 2.35 bits per heavy atom. The van der Waals surface area contributed by atoms with Crippen molar-refractivity contribution in [3.8, 4) is 11.3 Å². The molecule has 0 N–H and O–H groups in total. The zero-order chi connectivity index (χ0) is 18.7. The molecule has 0 aliphatic carbocycles. The molecule has 2 heterocycles. The molecule has 1 aliphatic heterocycles. The molecule has 6 heteroatoms. The zero-order valence-corrected chi connectivity index (χ0v) is 16.3. The van der Waals surface area contributed by atoms with Crippen molar-refractivity contribution in [3.05, 3.63) is 42.0 Å². The number of aromatic nitrogens is 2. The molecule has 1 aromatic heterocycles. The number of alkyl halides is 1. The van der Waals surface area contributed by atoms with E-state index in [9.17, 15) is 4.79 Å². The van der Waals surface area contributed by atoms with Crippen LogP contribution >= 0.6 is 11.6 Å². The van der Waals surface area contributed by atoms with Crippen LogP contribution in [0.1, 0.15) is 19.4 Å². The topological polar surface area (TPSA) is 49.3 Å². The monoisotopic (exact) mass is 372 g/mol. The first kappa shape index (κ1) is 18.6. The van der Waals surface area contributed by atoms with Crippen molar-refractivity contribution in [1.29, 1.82) is 0 Å². The number of carbonyl (C=O) groups is 1. The summed E-state index contributed by atoms with van der Waals surface area (Å²) in [5.41, 5.74) is 2.65. The third kappa shape index (κ3) is 3.83. The lowest BCUT2D eigenvalue weighted by atomic mass is 9.94. The highest BCUT2D eigenvalue weighted by atomic mass is 35.5. The van der Waals surface area contributed by atoms with Gasteiger partial charge < -0.3 is 9.80 Å². The zero-order valence-electron chi connectivity index (χ0n) is 15.6. The van der Waals surface area contributed by atoms with Crippen molar-refractivity contribution in [3.63, 3.8) is 0 Å². The van der Waals surface area contributed by atoms with Crippen LogP contribution in [0.25, 0.3) is 11.3 Å². The average Bonchev–Trinajstić information content (AvgIpc) is 2.68. The molecule has 2 aromatic rings. The van der Waals surface area contributed by atoms with E-state index >= 15 is 0 Å². The largest absolute Gasteiger partial charge is 0.352 e. The summed E-state index contributed by atoms with van der Waals surface area (Å²) in [5, 5.41) is 8.81. The van der Waals surface area contributed by atoms with Crippen LogP contribution in [0.3, 0.4) is 0 Å². The normalized spacial score (nSPS) is 15.2. The smallest absolute Gasteiger partial charge is 0.229 e. The minimum absolute atomic E-state index is 0.119. The van der Waals surface area contributed by atoms with Crippen LogP contribution in [0.5, 0.6) is 0 Å². The molecule has 0 saturated carbocycles. The number of aryl methyl sites for hydroxylation is 1. The molecule has 0 unspecified atom stereocenters. The van der Waals surface area contributed by atoms with Gasteiger partial charge in [-0.2, -0.15) is 0 Å². The molecular formula is C20H25ClN4O. The van der Waals surface area contributed by atoms with Gasteiger partial charge in [0, 0.05) is 37.6 Å². The molecule has 0 spiro atoms. The first-order valence-electron chi connectivity index (χ1n) is 8.92. The molecule has 3 rings (SSSR count). The number of benzene rings is 1. The van der Waals surface area contributed by atoms with Crippen LogP contribution in [0.4, 0.5) is 5.82 Å². The molecule has 1 amide bonds. The van der Waals surface area contributed by atoms with E-state index in [1.165, 1.54) is 5.56 Å². The van der Waals surface area contributed by atoms with Crippen LogP contribution in [0, 0.1) is 12.3 Å². The lowest BCUT2D eigenvalue weighted by molar-refractivity contribution is -0.139. The molecule has 26 heavy (non-hydrogen) atoms. The Kier molecular flexibility index (Phi) is 5.47. The van der Waals surface area contributed by atoms with Gasteiger partial charge in [-0.05, 0) is 38.5 Å². The molecule has 1 aromatic carbocycles. The van der Waals surface area contributed by atoms with Crippen LogP contribution in [-0.4, -0.2) is 53.1 Å². The predicted octanol–water partition coefficient (Wildman–Crippen LogP) is 3.37. The number of hydrogen-bond acceptors (Lipinski definition) is 4. The second-order valence-corrected chi connectivity index (χ2v) is 7.66. The molecule has 0 atom stereocenters. The molecule has 138 valence electrons. The Morgan fingerprint density at radius 2 is 1.77 bits per heavy atom. The van der Waals surface area contributed by atoms with Gasteiger partial charge in [0.2, 0.25) is 5.91 Å². The summed E-state index contributed by atoms with van der Waals surface area (Å²) < 4.78 is 0. The van der Waals surface area contributed by atoms with E-state index in [1.54, 1.807) is 0 Å². The predicted molar refractivity (Wildman–Crippen MR) is 105 cm³/mol. The summed E-state index contributed by atoms with van der Waals surface area (Å²) in [6.07, 6.45) is 0. The summed E-state index contributed by atoms with van der Waals surface area (Å²) in [5.74, 6) is 1.30. The Labute approximate surface area is 160 Å². The van der Waals surface area contributed by atoms with Gasteiger partial charge in [-0.1, -0.05) is 24.3 Å². The Balaban J connectivity index is 1.65. The van der Waals surface area contributed by atoms with Crippen LogP contribution in [0.2, 0.25) is 0 Å². The maximum Gasteiger partial charge on any atom is 0.229 e. The van der Waals surface area contributed by atoms with Crippen LogP contribution < -0.4 is 4.90 Å². The van der Waals surface area contributed by atoms with Crippen molar-refractivity contribution in [2.45, 2.75) is 20.8 Å². The van der Waals surface area contributed by atoms with E-state index in [0.717, 1.165) is 30.2 Å². The fourth-order valence-corrected chi connectivity index (χ4v) is 3.24. The average molecular weight is 373 g/mol. The van der Waals surface area contributed by atoms with Gasteiger partial charge >= 0.3 is 0 Å². The lowest BCUT2D eigenvalue weighted by Gasteiger charge is -2.38. The molecule has 1 fully saturated rings. The lowest BCUT2D eigenvalue weighted by Crippen LogP contribution is -2.52. The van der Waals surface area contributed by atoms with Gasteiger partial charge in [0.15, 0.2) is 5.82 Å². The number of nitrogens with zero attached hydrogens (tertiary/aromatic N) is 4. The second kappa shape index (κ2) is 7.62. The number of amides is 1. The van der Waals surface area contributed by atoms with Gasteiger partial charge in [0.25, 0.3) is 0 Å². The van der Waals surface area contributed by atoms with Gasteiger partial charge in [-0.15, -0.1) is 21.8 Å². The fourth-order valence-electron chi connectivity index (χ4n) is 3.12. The Morgan fingerprint density at radius 1 is 1.08 bits per heavy atom. The molecular weight excluding hydrogens is 348 g/mol. The van der Waals surface area contributed by atoms with E-state index < -0.39 is 5.41 Å². The second-order valence-electron chi connectivity index (χ2n) is 7.39. The molecule has 0 bridgehead atoms. The van der Waals surface area contributed by atoms with E-state index in [0.29, 0.717) is 19.0 Å².